The lowest BCUT2D eigenvalue weighted by atomic mass is 9.94. The van der Waals surface area contributed by atoms with Crippen molar-refractivity contribution in [1.29, 1.82) is 0 Å². The van der Waals surface area contributed by atoms with Crippen LogP contribution in [0.3, 0.4) is 0 Å². The first-order chi connectivity index (χ1) is 23.0. The Morgan fingerprint density at radius 2 is 0.833 bits per heavy atom. The van der Waals surface area contributed by atoms with Gasteiger partial charge < -0.3 is 39.8 Å². The van der Waals surface area contributed by atoms with Gasteiger partial charge in [0.15, 0.2) is 0 Å². The number of nitrogens with one attached hydrogen (secondary N) is 2. The highest BCUT2D eigenvalue weighted by atomic mass is 16.5. The minimum Gasteiger partial charge on any atom is -0.497 e. The van der Waals surface area contributed by atoms with Gasteiger partial charge in [-0.3, -0.25) is 0 Å². The molecule has 0 saturated heterocycles. The van der Waals surface area contributed by atoms with Crippen molar-refractivity contribution in [3.8, 4) is 23.0 Å². The van der Waals surface area contributed by atoms with Crippen LogP contribution in [0.15, 0.2) is 109 Å². The van der Waals surface area contributed by atoms with Gasteiger partial charge in [-0.25, -0.2) is 0 Å². The summed E-state index contributed by atoms with van der Waals surface area (Å²) in [7, 11) is 3.33. The average Bonchev–Trinajstić information content (AvgIpc) is 3.09. The standard InChI is InChI=1S/2C20H27NO3/c2*1-20(2,13-16-9-11-18(23-3)12-10-16)21-14-17(22)15-24-19-7-5-4-6-8-19/h2*4-12,17,21-22H,13-15H2,1-3H3. The second kappa shape index (κ2) is 19.7. The SMILES string of the molecule is COc1ccc(CC(C)(C)NCC(O)COc2ccccc2)cc1.COc1ccc(CC(C)(C)NCC(O)COc2ccccc2)cc1. The first-order valence-electron chi connectivity index (χ1n) is 16.4. The van der Waals surface area contributed by atoms with Gasteiger partial charge in [0.1, 0.15) is 48.4 Å². The van der Waals surface area contributed by atoms with E-state index in [9.17, 15) is 10.2 Å². The third-order valence-corrected chi connectivity index (χ3v) is 7.61. The quantitative estimate of drug-likeness (QED) is 0.102. The molecule has 4 rings (SSSR count). The molecule has 4 aromatic rings. The third kappa shape index (κ3) is 15.2. The molecule has 0 aliphatic carbocycles. The van der Waals surface area contributed by atoms with E-state index in [1.54, 1.807) is 14.2 Å². The molecule has 48 heavy (non-hydrogen) atoms. The van der Waals surface area contributed by atoms with E-state index in [1.807, 2.05) is 84.9 Å². The first kappa shape index (κ1) is 38.4. The summed E-state index contributed by atoms with van der Waals surface area (Å²) < 4.78 is 21.5. The highest BCUT2D eigenvalue weighted by molar-refractivity contribution is 5.29. The van der Waals surface area contributed by atoms with Crippen LogP contribution in [0.2, 0.25) is 0 Å². The third-order valence-electron chi connectivity index (χ3n) is 7.61. The van der Waals surface area contributed by atoms with Crippen LogP contribution in [0.5, 0.6) is 23.0 Å². The van der Waals surface area contributed by atoms with Gasteiger partial charge in [-0.05, 0) is 100 Å². The first-order valence-corrected chi connectivity index (χ1v) is 16.4. The molecule has 0 aliphatic rings. The van der Waals surface area contributed by atoms with Crippen LogP contribution in [0.1, 0.15) is 38.8 Å². The van der Waals surface area contributed by atoms with E-state index in [0.29, 0.717) is 13.1 Å². The Hall–Kier alpha value is -4.08. The molecule has 0 radical (unpaired) electrons. The van der Waals surface area contributed by atoms with Crippen LogP contribution in [-0.4, -0.2) is 74.0 Å². The van der Waals surface area contributed by atoms with Gasteiger partial charge in [-0.2, -0.15) is 0 Å². The van der Waals surface area contributed by atoms with Gasteiger partial charge in [0, 0.05) is 24.2 Å². The highest BCUT2D eigenvalue weighted by Gasteiger charge is 2.21. The van der Waals surface area contributed by atoms with Crippen LogP contribution in [0, 0.1) is 0 Å². The summed E-state index contributed by atoms with van der Waals surface area (Å²) in [4.78, 5) is 0. The van der Waals surface area contributed by atoms with E-state index < -0.39 is 12.2 Å². The molecule has 0 heterocycles. The van der Waals surface area contributed by atoms with E-state index >= 15 is 0 Å². The predicted molar refractivity (Wildman–Crippen MR) is 193 cm³/mol. The average molecular weight is 659 g/mol. The molecule has 8 heteroatoms. The lowest BCUT2D eigenvalue weighted by Gasteiger charge is -2.28. The number of hydrogen-bond acceptors (Lipinski definition) is 8. The van der Waals surface area contributed by atoms with Crippen molar-refractivity contribution in [1.82, 2.24) is 10.6 Å². The normalized spacial score (nSPS) is 12.7. The molecule has 0 bridgehead atoms. The molecule has 0 aromatic heterocycles. The monoisotopic (exact) mass is 658 g/mol. The number of methoxy groups -OCH3 is 2. The topological polar surface area (TPSA) is 101 Å². The summed E-state index contributed by atoms with van der Waals surface area (Å²) in [5.74, 6) is 3.26. The van der Waals surface area contributed by atoms with Crippen molar-refractivity contribution in [3.05, 3.63) is 120 Å². The van der Waals surface area contributed by atoms with Gasteiger partial charge in [-0.15, -0.1) is 0 Å². The zero-order valence-electron chi connectivity index (χ0n) is 29.3. The van der Waals surface area contributed by atoms with Crippen LogP contribution in [0.4, 0.5) is 0 Å². The molecule has 0 saturated carbocycles. The fourth-order valence-electron chi connectivity index (χ4n) is 4.96. The van der Waals surface area contributed by atoms with Gasteiger partial charge in [0.05, 0.1) is 14.2 Å². The lowest BCUT2D eigenvalue weighted by Crippen LogP contribution is -2.46. The lowest BCUT2D eigenvalue weighted by molar-refractivity contribution is 0.0988. The smallest absolute Gasteiger partial charge is 0.119 e. The molecular weight excluding hydrogens is 604 g/mol. The zero-order chi connectivity index (χ0) is 34.8. The molecule has 2 unspecified atom stereocenters. The number of ether oxygens (including phenoxy) is 4. The van der Waals surface area contributed by atoms with Crippen molar-refractivity contribution < 1.29 is 29.2 Å². The van der Waals surface area contributed by atoms with Gasteiger partial charge in [0.25, 0.3) is 0 Å². The number of rotatable bonds is 18. The predicted octanol–water partition coefficient (Wildman–Crippen LogP) is 6.09. The number of aliphatic hydroxyl groups excluding tert-OH is 2. The molecule has 0 spiro atoms. The Balaban J connectivity index is 0.000000260. The Morgan fingerprint density at radius 1 is 0.500 bits per heavy atom. The van der Waals surface area contributed by atoms with Crippen molar-refractivity contribution >= 4 is 0 Å². The van der Waals surface area contributed by atoms with Crippen molar-refractivity contribution in [3.63, 3.8) is 0 Å². The van der Waals surface area contributed by atoms with Gasteiger partial charge in [-0.1, -0.05) is 60.7 Å². The van der Waals surface area contributed by atoms with Crippen molar-refractivity contribution in [2.75, 3.05) is 40.5 Å². The number of para-hydroxylation sites is 2. The van der Waals surface area contributed by atoms with Crippen molar-refractivity contribution in [2.24, 2.45) is 0 Å². The van der Waals surface area contributed by atoms with Crippen molar-refractivity contribution in [2.45, 2.75) is 63.8 Å². The summed E-state index contributed by atoms with van der Waals surface area (Å²) in [6.45, 7) is 10.0. The van der Waals surface area contributed by atoms with Crippen LogP contribution < -0.4 is 29.6 Å². The molecule has 0 fully saturated rings. The van der Waals surface area contributed by atoms with E-state index in [4.69, 9.17) is 18.9 Å². The molecular formula is C40H54N2O6. The minimum atomic E-state index is -0.555. The fraction of sp³-hybridized carbons (Fsp3) is 0.400. The molecule has 4 N–H and O–H groups in total. The van der Waals surface area contributed by atoms with Crippen LogP contribution in [-0.2, 0) is 12.8 Å². The fourth-order valence-corrected chi connectivity index (χ4v) is 4.96. The Bertz CT molecular complexity index is 1300. The summed E-state index contributed by atoms with van der Waals surface area (Å²) >= 11 is 0. The Morgan fingerprint density at radius 3 is 1.15 bits per heavy atom. The molecule has 4 aromatic carbocycles. The molecule has 260 valence electrons. The van der Waals surface area contributed by atoms with Crippen LogP contribution in [0.25, 0.3) is 0 Å². The zero-order valence-corrected chi connectivity index (χ0v) is 29.3. The molecule has 8 nitrogen and oxygen atoms in total. The number of hydrogen-bond donors (Lipinski definition) is 4. The van der Waals surface area contributed by atoms with Gasteiger partial charge in [0.2, 0.25) is 0 Å². The molecule has 0 amide bonds. The van der Waals surface area contributed by atoms with E-state index in [0.717, 1.165) is 35.8 Å². The Labute approximate surface area is 287 Å². The number of aliphatic hydroxyl groups is 2. The number of β-amino-alcohol motifs (C(OH)–C–C–N with tert-alkyl or cyclic N) is 2. The summed E-state index contributed by atoms with van der Waals surface area (Å²) in [5, 5.41) is 27.0. The summed E-state index contributed by atoms with van der Waals surface area (Å²) in [6, 6.07) is 35.2. The second-order valence-corrected chi connectivity index (χ2v) is 13.1. The molecule has 0 aliphatic heterocycles. The summed E-state index contributed by atoms with van der Waals surface area (Å²) in [5.41, 5.74) is 2.21. The Kier molecular flexibility index (Phi) is 15.7. The van der Waals surface area contributed by atoms with Crippen LogP contribution >= 0.6 is 0 Å². The maximum absolute atomic E-state index is 10.1. The summed E-state index contributed by atoms with van der Waals surface area (Å²) in [6.07, 6.45) is 0.618. The second-order valence-electron chi connectivity index (χ2n) is 13.1. The van der Waals surface area contributed by atoms with E-state index in [-0.39, 0.29) is 24.3 Å². The van der Waals surface area contributed by atoms with E-state index in [2.05, 4.69) is 62.6 Å². The van der Waals surface area contributed by atoms with Gasteiger partial charge >= 0.3 is 0 Å². The minimum absolute atomic E-state index is 0.123. The number of benzene rings is 4. The van der Waals surface area contributed by atoms with E-state index in [1.165, 1.54) is 11.1 Å². The maximum atomic E-state index is 10.1. The maximum Gasteiger partial charge on any atom is 0.119 e. The highest BCUT2D eigenvalue weighted by Crippen LogP contribution is 2.18. The molecule has 2 atom stereocenters. The largest absolute Gasteiger partial charge is 0.497 e.